The smallest absolute Gasteiger partial charge is 0.305 e. The molecule has 1 heterocycles. The van der Waals surface area contributed by atoms with Crippen LogP contribution in [0, 0.1) is 0 Å². The predicted octanol–water partition coefficient (Wildman–Crippen LogP) is 1.66. The van der Waals surface area contributed by atoms with Crippen LogP contribution in [0.1, 0.15) is 25.3 Å². The van der Waals surface area contributed by atoms with Crippen LogP contribution in [0.15, 0.2) is 16.8 Å². The van der Waals surface area contributed by atoms with Gasteiger partial charge in [0, 0.05) is 6.04 Å². The van der Waals surface area contributed by atoms with Gasteiger partial charge in [0.2, 0.25) is 5.91 Å². The molecule has 0 bridgehead atoms. The highest BCUT2D eigenvalue weighted by Crippen LogP contribution is 2.07. The van der Waals surface area contributed by atoms with E-state index >= 15 is 0 Å². The number of carboxylic acid groups (broad SMARTS) is 1. The minimum absolute atomic E-state index is 0.0219. The van der Waals surface area contributed by atoms with Crippen molar-refractivity contribution >= 4 is 23.2 Å². The summed E-state index contributed by atoms with van der Waals surface area (Å²) in [7, 11) is 0. The Balaban J connectivity index is 2.40. The number of rotatable bonds is 6. The van der Waals surface area contributed by atoms with E-state index in [1.54, 1.807) is 11.3 Å². The van der Waals surface area contributed by atoms with E-state index in [0.717, 1.165) is 5.56 Å². The molecule has 1 amide bonds. The molecule has 0 aliphatic carbocycles. The van der Waals surface area contributed by atoms with Gasteiger partial charge in [-0.05, 0) is 28.8 Å². The van der Waals surface area contributed by atoms with Crippen molar-refractivity contribution in [3.8, 4) is 0 Å². The molecule has 0 aromatic carbocycles. The van der Waals surface area contributed by atoms with Gasteiger partial charge in [-0.25, -0.2) is 0 Å². The topological polar surface area (TPSA) is 66.4 Å². The summed E-state index contributed by atoms with van der Waals surface area (Å²) in [5, 5.41) is 15.2. The van der Waals surface area contributed by atoms with Crippen molar-refractivity contribution in [1.82, 2.24) is 5.32 Å². The summed E-state index contributed by atoms with van der Waals surface area (Å²) in [5.74, 6) is -1.01. The Morgan fingerprint density at radius 2 is 2.31 bits per heavy atom. The number of thiophene rings is 1. The molecule has 1 aromatic rings. The molecular weight excluding hydrogens is 226 g/mol. The molecule has 0 aliphatic rings. The summed E-state index contributed by atoms with van der Waals surface area (Å²) in [6, 6.07) is 1.62. The van der Waals surface area contributed by atoms with Crippen LogP contribution in [0.4, 0.5) is 0 Å². The SMILES string of the molecule is CCC(CC(=O)O)NC(=O)Cc1ccsc1. The zero-order valence-corrected chi connectivity index (χ0v) is 9.92. The first-order chi connectivity index (χ1) is 7.61. The third-order valence-corrected chi connectivity index (χ3v) is 2.96. The molecule has 1 rings (SSSR count). The molecule has 5 heteroatoms. The Bertz CT molecular complexity index is 348. The second-order valence-corrected chi connectivity index (χ2v) is 4.36. The number of nitrogens with one attached hydrogen (secondary N) is 1. The van der Waals surface area contributed by atoms with Gasteiger partial charge in [-0.15, -0.1) is 0 Å². The summed E-state index contributed by atoms with van der Waals surface area (Å²) in [6.07, 6.45) is 0.924. The van der Waals surface area contributed by atoms with E-state index < -0.39 is 5.97 Å². The van der Waals surface area contributed by atoms with Crippen LogP contribution < -0.4 is 5.32 Å². The second-order valence-electron chi connectivity index (χ2n) is 3.58. The number of carboxylic acids is 1. The third kappa shape index (κ3) is 4.44. The number of carbonyl (C=O) groups is 2. The molecular formula is C11H15NO3S. The van der Waals surface area contributed by atoms with E-state index in [0.29, 0.717) is 12.8 Å². The van der Waals surface area contributed by atoms with Gasteiger partial charge < -0.3 is 10.4 Å². The minimum Gasteiger partial charge on any atom is -0.481 e. The highest BCUT2D eigenvalue weighted by Gasteiger charge is 2.14. The maximum Gasteiger partial charge on any atom is 0.305 e. The van der Waals surface area contributed by atoms with Gasteiger partial charge in [0.25, 0.3) is 0 Å². The zero-order chi connectivity index (χ0) is 12.0. The van der Waals surface area contributed by atoms with Gasteiger partial charge in [0.15, 0.2) is 0 Å². The van der Waals surface area contributed by atoms with Crippen molar-refractivity contribution in [1.29, 1.82) is 0 Å². The van der Waals surface area contributed by atoms with Crippen molar-refractivity contribution in [2.24, 2.45) is 0 Å². The van der Waals surface area contributed by atoms with Gasteiger partial charge in [-0.3, -0.25) is 9.59 Å². The predicted molar refractivity (Wildman–Crippen MR) is 62.5 cm³/mol. The van der Waals surface area contributed by atoms with E-state index in [2.05, 4.69) is 5.32 Å². The molecule has 0 fully saturated rings. The summed E-state index contributed by atoms with van der Waals surface area (Å²) < 4.78 is 0. The first kappa shape index (κ1) is 12.7. The van der Waals surface area contributed by atoms with Crippen LogP contribution in [-0.2, 0) is 16.0 Å². The van der Waals surface area contributed by atoms with Crippen LogP contribution in [0.5, 0.6) is 0 Å². The minimum atomic E-state index is -0.886. The monoisotopic (exact) mass is 241 g/mol. The summed E-state index contributed by atoms with van der Waals surface area (Å²) >= 11 is 1.54. The Morgan fingerprint density at radius 3 is 2.81 bits per heavy atom. The van der Waals surface area contributed by atoms with E-state index in [1.165, 1.54) is 0 Å². The molecule has 2 N–H and O–H groups in total. The lowest BCUT2D eigenvalue weighted by Gasteiger charge is -2.14. The number of hydrogen-bond donors (Lipinski definition) is 2. The summed E-state index contributed by atoms with van der Waals surface area (Å²) in [4.78, 5) is 22.1. The standard InChI is InChI=1S/C11H15NO3S/c1-2-9(6-11(14)15)12-10(13)5-8-3-4-16-7-8/h3-4,7,9H,2,5-6H2,1H3,(H,12,13)(H,14,15). The lowest BCUT2D eigenvalue weighted by atomic mass is 10.1. The van der Waals surface area contributed by atoms with Gasteiger partial charge >= 0.3 is 5.97 Å². The molecule has 0 spiro atoms. The van der Waals surface area contributed by atoms with Crippen molar-refractivity contribution in [3.05, 3.63) is 22.4 Å². The average Bonchev–Trinajstić information content (AvgIpc) is 2.68. The third-order valence-electron chi connectivity index (χ3n) is 2.22. The number of amides is 1. The average molecular weight is 241 g/mol. The molecule has 4 nitrogen and oxygen atoms in total. The second kappa shape index (κ2) is 6.27. The molecule has 1 atom stereocenters. The van der Waals surface area contributed by atoms with Crippen LogP contribution in [0.25, 0.3) is 0 Å². The van der Waals surface area contributed by atoms with Gasteiger partial charge in [0.05, 0.1) is 12.8 Å². The fourth-order valence-electron chi connectivity index (χ4n) is 1.37. The Hall–Kier alpha value is -1.36. The van der Waals surface area contributed by atoms with Crippen LogP contribution in [0.3, 0.4) is 0 Å². The molecule has 16 heavy (non-hydrogen) atoms. The molecule has 0 saturated carbocycles. The Labute approximate surface area is 98.3 Å². The molecule has 0 aliphatic heterocycles. The number of aliphatic carboxylic acids is 1. The molecule has 1 unspecified atom stereocenters. The van der Waals surface area contributed by atoms with Crippen molar-refractivity contribution in [3.63, 3.8) is 0 Å². The first-order valence-corrected chi connectivity index (χ1v) is 6.08. The lowest BCUT2D eigenvalue weighted by Crippen LogP contribution is -2.36. The molecule has 0 radical (unpaired) electrons. The van der Waals surface area contributed by atoms with Gasteiger partial charge in [-0.1, -0.05) is 6.92 Å². The van der Waals surface area contributed by atoms with E-state index in [9.17, 15) is 9.59 Å². The number of hydrogen-bond acceptors (Lipinski definition) is 3. The highest BCUT2D eigenvalue weighted by atomic mass is 32.1. The van der Waals surface area contributed by atoms with Crippen LogP contribution in [-0.4, -0.2) is 23.0 Å². The first-order valence-electron chi connectivity index (χ1n) is 5.14. The normalized spacial score (nSPS) is 12.1. The number of carbonyl (C=O) groups excluding carboxylic acids is 1. The van der Waals surface area contributed by atoms with Crippen LogP contribution >= 0.6 is 11.3 Å². The summed E-state index contributed by atoms with van der Waals surface area (Å²) in [6.45, 7) is 1.86. The maximum absolute atomic E-state index is 11.6. The fraction of sp³-hybridized carbons (Fsp3) is 0.455. The lowest BCUT2D eigenvalue weighted by molar-refractivity contribution is -0.137. The van der Waals surface area contributed by atoms with E-state index in [-0.39, 0.29) is 18.4 Å². The summed E-state index contributed by atoms with van der Waals surface area (Å²) in [5.41, 5.74) is 0.965. The van der Waals surface area contributed by atoms with Crippen molar-refractivity contribution in [2.75, 3.05) is 0 Å². The Morgan fingerprint density at radius 1 is 1.56 bits per heavy atom. The van der Waals surface area contributed by atoms with Crippen molar-refractivity contribution in [2.45, 2.75) is 32.2 Å². The Kier molecular flexibility index (Phi) is 4.98. The fourth-order valence-corrected chi connectivity index (χ4v) is 2.03. The highest BCUT2D eigenvalue weighted by molar-refractivity contribution is 7.07. The molecule has 88 valence electrons. The quantitative estimate of drug-likeness (QED) is 0.796. The van der Waals surface area contributed by atoms with Gasteiger partial charge in [0.1, 0.15) is 0 Å². The zero-order valence-electron chi connectivity index (χ0n) is 9.10. The van der Waals surface area contributed by atoms with Crippen molar-refractivity contribution < 1.29 is 14.7 Å². The maximum atomic E-state index is 11.6. The van der Waals surface area contributed by atoms with E-state index in [1.807, 2.05) is 23.8 Å². The van der Waals surface area contributed by atoms with E-state index in [4.69, 9.17) is 5.11 Å². The van der Waals surface area contributed by atoms with Crippen LogP contribution in [0.2, 0.25) is 0 Å². The van der Waals surface area contributed by atoms with Gasteiger partial charge in [-0.2, -0.15) is 11.3 Å². The largest absolute Gasteiger partial charge is 0.481 e. The molecule has 0 saturated heterocycles. The molecule has 1 aromatic heterocycles.